The lowest BCUT2D eigenvalue weighted by molar-refractivity contribution is 0.148. The molecule has 0 unspecified atom stereocenters. The molecule has 1 aliphatic heterocycles. The summed E-state index contributed by atoms with van der Waals surface area (Å²) in [5, 5.41) is 3.02. The second-order valence-corrected chi connectivity index (χ2v) is 7.64. The fourth-order valence-electron chi connectivity index (χ4n) is 3.44. The van der Waals surface area contributed by atoms with E-state index >= 15 is 0 Å². The highest BCUT2D eigenvalue weighted by Gasteiger charge is 2.21. The zero-order valence-corrected chi connectivity index (χ0v) is 17.1. The lowest BCUT2D eigenvalue weighted by atomic mass is 10.0. The first-order valence-electron chi connectivity index (χ1n) is 10.1. The van der Waals surface area contributed by atoms with Crippen LogP contribution in [0.4, 0.5) is 10.5 Å². The topological polar surface area (TPSA) is 44.8 Å². The summed E-state index contributed by atoms with van der Waals surface area (Å²) in [6, 6.07) is 16.3. The van der Waals surface area contributed by atoms with E-state index in [1.165, 1.54) is 11.1 Å². The molecule has 1 saturated heterocycles. The first-order chi connectivity index (χ1) is 13.5. The van der Waals surface area contributed by atoms with Crippen LogP contribution in [0.1, 0.15) is 30.9 Å². The van der Waals surface area contributed by atoms with E-state index in [-0.39, 0.29) is 6.03 Å². The number of nitrogens with zero attached hydrogens (tertiary/aromatic N) is 2. The molecular formula is C23H31N3O2. The van der Waals surface area contributed by atoms with Gasteiger partial charge in [-0.15, -0.1) is 0 Å². The van der Waals surface area contributed by atoms with Gasteiger partial charge in [-0.3, -0.25) is 4.90 Å². The van der Waals surface area contributed by atoms with Crippen LogP contribution in [0.2, 0.25) is 0 Å². The van der Waals surface area contributed by atoms with Gasteiger partial charge in [-0.05, 0) is 47.7 Å². The van der Waals surface area contributed by atoms with Crippen molar-refractivity contribution in [2.24, 2.45) is 0 Å². The first kappa shape index (κ1) is 20.2. The Bertz CT molecular complexity index is 766. The molecular weight excluding hydrogens is 350 g/mol. The van der Waals surface area contributed by atoms with Crippen molar-refractivity contribution in [3.8, 4) is 5.75 Å². The number of nitrogens with one attached hydrogen (secondary N) is 1. The predicted molar refractivity (Wildman–Crippen MR) is 114 cm³/mol. The zero-order chi connectivity index (χ0) is 19.9. The number of piperazine rings is 1. The summed E-state index contributed by atoms with van der Waals surface area (Å²) in [6.07, 6.45) is 0.992. The first-order valence-corrected chi connectivity index (χ1v) is 10.1. The van der Waals surface area contributed by atoms with E-state index in [0.717, 1.165) is 50.6 Å². The van der Waals surface area contributed by atoms with Gasteiger partial charge in [0.1, 0.15) is 5.75 Å². The molecule has 1 fully saturated rings. The van der Waals surface area contributed by atoms with Crippen molar-refractivity contribution >= 4 is 11.7 Å². The normalized spacial score (nSPS) is 14.9. The van der Waals surface area contributed by atoms with Gasteiger partial charge in [0.2, 0.25) is 0 Å². The summed E-state index contributed by atoms with van der Waals surface area (Å²) in [7, 11) is 1.70. The lowest BCUT2D eigenvalue weighted by Gasteiger charge is -2.34. The van der Waals surface area contributed by atoms with Crippen LogP contribution in [-0.4, -0.2) is 55.7 Å². The number of methoxy groups -OCH3 is 1. The van der Waals surface area contributed by atoms with Crippen LogP contribution in [0, 0.1) is 0 Å². The van der Waals surface area contributed by atoms with Gasteiger partial charge in [0, 0.05) is 38.4 Å². The molecule has 1 heterocycles. The third-order valence-electron chi connectivity index (χ3n) is 5.34. The molecule has 0 aromatic heterocycles. The number of anilines is 1. The monoisotopic (exact) mass is 381 g/mol. The minimum Gasteiger partial charge on any atom is -0.497 e. The summed E-state index contributed by atoms with van der Waals surface area (Å²) in [6.45, 7) is 8.66. The SMILES string of the molecule is COc1cccc(CCN2CCN(C(=O)Nc3ccc(C(C)C)cc3)CC2)c1. The van der Waals surface area contributed by atoms with E-state index in [2.05, 4.69) is 48.3 Å². The standard InChI is InChI=1S/C23H31N3O2/c1-18(2)20-7-9-21(10-8-20)24-23(27)26-15-13-25(14-16-26)12-11-19-5-4-6-22(17-19)28-3/h4-10,17-18H,11-16H2,1-3H3,(H,24,27). The van der Waals surface area contributed by atoms with Crippen LogP contribution < -0.4 is 10.1 Å². The van der Waals surface area contributed by atoms with Gasteiger partial charge in [-0.2, -0.15) is 0 Å². The van der Waals surface area contributed by atoms with E-state index in [4.69, 9.17) is 4.74 Å². The van der Waals surface area contributed by atoms with Crippen molar-refractivity contribution in [3.63, 3.8) is 0 Å². The van der Waals surface area contributed by atoms with Crippen LogP contribution in [-0.2, 0) is 6.42 Å². The maximum absolute atomic E-state index is 12.5. The Hall–Kier alpha value is -2.53. The average molecular weight is 382 g/mol. The average Bonchev–Trinajstić information content (AvgIpc) is 2.73. The van der Waals surface area contributed by atoms with Crippen molar-refractivity contribution < 1.29 is 9.53 Å². The van der Waals surface area contributed by atoms with Gasteiger partial charge >= 0.3 is 6.03 Å². The Morgan fingerprint density at radius 3 is 2.43 bits per heavy atom. The second kappa shape index (κ2) is 9.60. The number of ether oxygens (including phenoxy) is 1. The summed E-state index contributed by atoms with van der Waals surface area (Å²) in [5.41, 5.74) is 3.42. The molecule has 2 aromatic carbocycles. The summed E-state index contributed by atoms with van der Waals surface area (Å²) in [5.74, 6) is 1.40. The van der Waals surface area contributed by atoms with Crippen molar-refractivity contribution in [1.82, 2.24) is 9.80 Å². The molecule has 1 aliphatic rings. The highest BCUT2D eigenvalue weighted by Crippen LogP contribution is 2.18. The summed E-state index contributed by atoms with van der Waals surface area (Å²) in [4.78, 5) is 16.8. The van der Waals surface area contributed by atoms with Crippen molar-refractivity contribution in [2.45, 2.75) is 26.2 Å². The number of carbonyl (C=O) groups is 1. The molecule has 0 radical (unpaired) electrons. The molecule has 1 N–H and O–H groups in total. The third kappa shape index (κ3) is 5.49. The maximum atomic E-state index is 12.5. The van der Waals surface area contributed by atoms with Crippen LogP contribution in [0.25, 0.3) is 0 Å². The quantitative estimate of drug-likeness (QED) is 0.815. The highest BCUT2D eigenvalue weighted by molar-refractivity contribution is 5.89. The lowest BCUT2D eigenvalue weighted by Crippen LogP contribution is -2.50. The molecule has 0 saturated carbocycles. The highest BCUT2D eigenvalue weighted by atomic mass is 16.5. The Kier molecular flexibility index (Phi) is 6.93. The minimum atomic E-state index is -0.00950. The van der Waals surface area contributed by atoms with Gasteiger partial charge in [-0.1, -0.05) is 38.1 Å². The largest absolute Gasteiger partial charge is 0.497 e. The van der Waals surface area contributed by atoms with E-state index in [0.29, 0.717) is 5.92 Å². The van der Waals surface area contributed by atoms with E-state index < -0.39 is 0 Å². The number of benzene rings is 2. The van der Waals surface area contributed by atoms with Crippen LogP contribution in [0.15, 0.2) is 48.5 Å². The number of rotatable bonds is 6. The molecule has 28 heavy (non-hydrogen) atoms. The molecule has 0 atom stereocenters. The van der Waals surface area contributed by atoms with Crippen LogP contribution >= 0.6 is 0 Å². The predicted octanol–water partition coefficient (Wildman–Crippen LogP) is 4.21. The second-order valence-electron chi connectivity index (χ2n) is 7.64. The summed E-state index contributed by atoms with van der Waals surface area (Å²) >= 11 is 0. The molecule has 0 bridgehead atoms. The molecule has 0 aliphatic carbocycles. The smallest absolute Gasteiger partial charge is 0.321 e. The third-order valence-corrected chi connectivity index (χ3v) is 5.34. The molecule has 2 aromatic rings. The van der Waals surface area contributed by atoms with Gasteiger partial charge in [0.15, 0.2) is 0 Å². The van der Waals surface area contributed by atoms with E-state index in [1.807, 2.05) is 29.2 Å². The fraction of sp³-hybridized carbons (Fsp3) is 0.435. The Balaban J connectivity index is 1.43. The number of carbonyl (C=O) groups excluding carboxylic acids is 1. The summed E-state index contributed by atoms with van der Waals surface area (Å²) < 4.78 is 5.29. The minimum absolute atomic E-state index is 0.00950. The molecule has 3 rings (SSSR count). The van der Waals surface area contributed by atoms with Gasteiger partial charge in [0.25, 0.3) is 0 Å². The van der Waals surface area contributed by atoms with E-state index in [9.17, 15) is 4.79 Å². The number of urea groups is 1. The number of hydrogen-bond acceptors (Lipinski definition) is 3. The molecule has 5 nitrogen and oxygen atoms in total. The van der Waals surface area contributed by atoms with Crippen LogP contribution in [0.5, 0.6) is 5.75 Å². The number of hydrogen-bond donors (Lipinski definition) is 1. The van der Waals surface area contributed by atoms with Crippen molar-refractivity contribution in [1.29, 1.82) is 0 Å². The fourth-order valence-corrected chi connectivity index (χ4v) is 3.44. The molecule has 0 spiro atoms. The number of amides is 2. The Morgan fingerprint density at radius 2 is 1.79 bits per heavy atom. The van der Waals surface area contributed by atoms with E-state index in [1.54, 1.807) is 7.11 Å². The van der Waals surface area contributed by atoms with Crippen molar-refractivity contribution in [2.75, 3.05) is 45.2 Å². The van der Waals surface area contributed by atoms with Gasteiger partial charge < -0.3 is 15.0 Å². The molecule has 5 heteroatoms. The Labute approximate surface area is 168 Å². The molecule has 2 amide bonds. The van der Waals surface area contributed by atoms with Gasteiger partial charge in [-0.25, -0.2) is 4.79 Å². The van der Waals surface area contributed by atoms with Crippen LogP contribution in [0.3, 0.4) is 0 Å². The van der Waals surface area contributed by atoms with Gasteiger partial charge in [0.05, 0.1) is 7.11 Å². The zero-order valence-electron chi connectivity index (χ0n) is 17.1. The van der Waals surface area contributed by atoms with Crippen molar-refractivity contribution in [3.05, 3.63) is 59.7 Å². The molecule has 150 valence electrons. The Morgan fingerprint density at radius 1 is 1.07 bits per heavy atom. The maximum Gasteiger partial charge on any atom is 0.321 e.